The van der Waals surface area contributed by atoms with Crippen molar-refractivity contribution >= 4 is 294 Å². The van der Waals surface area contributed by atoms with Gasteiger partial charge in [-0.05, 0) is 451 Å². The molecule has 3 N–H and O–H groups in total. The van der Waals surface area contributed by atoms with E-state index in [1.54, 1.807) is 0 Å². The fraction of sp³-hybridized carbons (Fsp3) is 0.974. The van der Waals surface area contributed by atoms with E-state index in [1.807, 2.05) is 295 Å². The van der Waals surface area contributed by atoms with Gasteiger partial charge in [0.1, 0.15) is 19.1 Å². The quantitative estimate of drug-likeness (QED) is 0.0220. The van der Waals surface area contributed by atoms with Crippen LogP contribution in [0.15, 0.2) is 0 Å². The largest absolute Gasteiger partial charge is 0.462 e. The van der Waals surface area contributed by atoms with Crippen molar-refractivity contribution in [2.45, 2.75) is 464 Å². The highest BCUT2D eigenvalue weighted by Crippen LogP contribution is 2.40. The molecule has 880 valence electrons. The molecule has 0 aliphatic carbocycles. The maximum Gasteiger partial charge on any atom is 0.315 e. The van der Waals surface area contributed by atoms with Crippen LogP contribution in [0.25, 0.3) is 0 Å². The molecule has 1 amide bonds. The first-order valence-corrected chi connectivity index (χ1v) is 145. The van der Waals surface area contributed by atoms with E-state index in [9.17, 15) is 14.7 Å². The van der Waals surface area contributed by atoms with Gasteiger partial charge in [-0.1, -0.05) is 0 Å². The summed E-state index contributed by atoms with van der Waals surface area (Å²) >= 11 is 0. The highest BCUT2D eigenvalue weighted by Gasteiger charge is 2.60. The molecule has 0 aliphatic rings. The molecule has 71 heteroatoms. The van der Waals surface area contributed by atoms with Crippen molar-refractivity contribution in [3.8, 4) is 0 Å². The van der Waals surface area contributed by atoms with E-state index in [2.05, 4.69) is 149 Å². The minimum Gasteiger partial charge on any atom is -0.462 e. The molecule has 38 nitrogen and oxygen atoms in total. The average molecular weight is 2660 g/mol. The lowest BCUT2D eigenvalue weighted by Gasteiger charge is -2.45. The zero-order chi connectivity index (χ0) is 118. The Hall–Kier alpha value is 4.74. The van der Waals surface area contributed by atoms with E-state index in [0.29, 0.717) is 12.5 Å². The van der Waals surface area contributed by atoms with Crippen LogP contribution in [-0.4, -0.2) is 330 Å². The van der Waals surface area contributed by atoms with Crippen molar-refractivity contribution in [3.05, 3.63) is 0 Å². The van der Waals surface area contributed by atoms with Gasteiger partial charge in [0.05, 0.1) is 6.61 Å². The van der Waals surface area contributed by atoms with E-state index in [-0.39, 0.29) is 6.54 Å². The first kappa shape index (κ1) is 152. The molecule has 0 aliphatic heterocycles. The van der Waals surface area contributed by atoms with Crippen molar-refractivity contribution in [3.63, 3.8) is 0 Å². The van der Waals surface area contributed by atoms with E-state index < -0.39 is 320 Å². The van der Waals surface area contributed by atoms with Crippen molar-refractivity contribution < 1.29 is 156 Å². The number of aliphatic hydroxyl groups is 2. The lowest BCUT2D eigenvalue weighted by atomic mass is 10.3. The first-order valence-electron chi connectivity index (χ1n) is 51.5. The highest BCUT2D eigenvalue weighted by atomic mass is 28.6. The van der Waals surface area contributed by atoms with E-state index in [4.69, 9.17) is 142 Å². The number of rotatable bonds is 73. The number of hydrogen-bond donors (Lipinski definition) is 3. The Morgan fingerprint density at radius 1 is 0.190 bits per heavy atom. The zero-order valence-corrected chi connectivity index (χ0v) is 138. The summed E-state index contributed by atoms with van der Waals surface area (Å²) in [5, 5.41) is 21.3. The SMILES string of the molecule is C[Si](C)(C)O[Si](C)(C)O[Si](C)(C)O[Si](C)(C)O[Si](C)(C)O[Si](C)(C)O[Si](C)(C)O[Si](C)(C)O[Si](C)(C)O[Si](C)(C)O[Si](C)(C)O[Si](C)(C)O[Si](C)(C)O[Si](C)(C)O[Si](C)(C)O[Si](C)(C)O[Si](C)(C)O[Si](C)(C)O[Si](C)(C)O[Si](C)(C)O[Si](C)(C)O[Si](C)(C)O[Si](C)(C)O[Si](C)(C)O[Si](C)(C)O[Si](C)(C)O[Si](C)(C)O[Si](C)(C)O[Si](C)(C)O[Si](C)(C)O[Si](C)(C)O[Si](C)(CCCNC(=O)CC(=O)OCC(O)CO)O[Si](C)(C)C. The molecule has 0 saturated heterocycles. The lowest BCUT2D eigenvalue weighted by molar-refractivity contribution is -0.149. The number of hydrogen-bond acceptors (Lipinski definition) is 37. The Bertz CT molecular complexity index is 3950. The summed E-state index contributed by atoms with van der Waals surface area (Å²) in [5.41, 5.74) is 0. The summed E-state index contributed by atoms with van der Waals surface area (Å²) in [6.45, 7) is 137. The van der Waals surface area contributed by atoms with Crippen LogP contribution < -0.4 is 5.32 Å². The number of amides is 1. The van der Waals surface area contributed by atoms with E-state index in [0.717, 1.165) is 0 Å². The van der Waals surface area contributed by atoms with Crippen LogP contribution in [0.4, 0.5) is 0 Å². The van der Waals surface area contributed by atoms with Gasteiger partial charge < -0.3 is 152 Å². The van der Waals surface area contributed by atoms with Crippen molar-refractivity contribution in [2.75, 3.05) is 19.8 Å². The molecule has 147 heavy (non-hydrogen) atoms. The number of nitrogens with one attached hydrogen (secondary N) is 1. The third-order valence-electron chi connectivity index (χ3n) is 17.9. The van der Waals surface area contributed by atoms with Crippen LogP contribution in [-0.2, 0) is 146 Å². The summed E-state index contributed by atoms with van der Waals surface area (Å²) in [4.78, 5) is 24.7. The Morgan fingerprint density at radius 2 is 0.313 bits per heavy atom. The molecule has 0 radical (unpaired) electrons. The Balaban J connectivity index is 6.02. The second kappa shape index (κ2) is 53.3. The van der Waals surface area contributed by atoms with Crippen molar-refractivity contribution in [2.24, 2.45) is 0 Å². The Morgan fingerprint density at radius 3 is 0.435 bits per heavy atom. The third kappa shape index (κ3) is 71.6. The number of carbonyl (C=O) groups excluding carboxylic acids is 2. The monoisotopic (exact) mass is 2660 g/mol. The number of aliphatic hydroxyl groups excluding tert-OH is 2. The van der Waals surface area contributed by atoms with Crippen LogP contribution >= 0.6 is 0 Å². The van der Waals surface area contributed by atoms with Crippen LogP contribution in [0, 0.1) is 0 Å². The van der Waals surface area contributed by atoms with Gasteiger partial charge in [-0.2, -0.15) is 0 Å². The molecule has 2 atom stereocenters. The number of ether oxygens (including phenoxy) is 1. The minimum absolute atomic E-state index is 0.285. The molecule has 0 rings (SSSR count). The normalized spacial score (nSPS) is 16.4. The molecule has 0 heterocycles. The van der Waals surface area contributed by atoms with Gasteiger partial charge >= 0.3 is 271 Å². The van der Waals surface area contributed by atoms with Gasteiger partial charge in [-0.3, -0.25) is 9.59 Å². The Kier molecular flexibility index (Phi) is 55.1. The second-order valence-corrected chi connectivity index (χ2v) is 175. The highest BCUT2D eigenvalue weighted by molar-refractivity contribution is 7.00. The smallest absolute Gasteiger partial charge is 0.315 e. The van der Waals surface area contributed by atoms with Crippen LogP contribution in [0.2, 0.25) is 445 Å². The maximum atomic E-state index is 12.6. The summed E-state index contributed by atoms with van der Waals surface area (Å²) in [6, 6.07) is 0.561. The average Bonchev–Trinajstić information content (AvgIpc) is 0.802. The second-order valence-electron chi connectivity index (χ2n) is 53.8. The van der Waals surface area contributed by atoms with Gasteiger partial charge in [0.15, 0.2) is 16.6 Å². The molecule has 0 fully saturated rings. The molecule has 0 aromatic heterocycles. The van der Waals surface area contributed by atoms with Crippen LogP contribution in [0.1, 0.15) is 12.8 Å². The zero-order valence-electron chi connectivity index (χ0n) is 105. The van der Waals surface area contributed by atoms with Crippen molar-refractivity contribution in [1.29, 1.82) is 0 Å². The van der Waals surface area contributed by atoms with Gasteiger partial charge in [0.25, 0.3) is 0 Å². The van der Waals surface area contributed by atoms with Gasteiger partial charge in [-0.15, -0.1) is 0 Å². The molecule has 0 aromatic rings. The lowest BCUT2D eigenvalue weighted by Crippen LogP contribution is -2.63. The van der Waals surface area contributed by atoms with Gasteiger partial charge in [0.2, 0.25) is 5.91 Å². The van der Waals surface area contributed by atoms with Gasteiger partial charge in [0, 0.05) is 6.54 Å². The summed E-state index contributed by atoms with van der Waals surface area (Å²) in [5.74, 6) is -1.30. The molecular weight excluding hydrogens is 2450 g/mol. The third-order valence-corrected chi connectivity index (χ3v) is 145. The molecule has 0 saturated carbocycles. The fourth-order valence-electron chi connectivity index (χ4n) is 20.9. The number of esters is 1. The number of carbonyl (C=O) groups is 2. The van der Waals surface area contributed by atoms with Gasteiger partial charge in [-0.25, -0.2) is 0 Å². The predicted molar refractivity (Wildman–Crippen MR) is 669 cm³/mol. The standard InChI is InChI=1S/C76H217NO37Si33/c1-115(2,3)83-117(7,8)85-118(9,10)86-119(11,12)87-120(13,14)88-121(15,16)89-122(17,18)90-123(19,20)91-124(21,22)92-125(23,24)93-126(25,26)94-127(27,28)95-128(29,30)96-129(31,32)97-130(33,34)98-131(35,36)99-132(37,38)100-133(39,40)101-134(41,42)102-135(43,44)103-136(45,46)104-137(47,48)105-138(49,50)106-139(51,52)107-140(53,54)108-141(55,56)109-142(57,58)110-143(59,60)111-144(61,62)112-145(63,64)113-146(65,66)114-147(67,84-116(4,5)6)70-68-69-77-75(80)71-76(81)82-73-74(79)72-78/h74,78-79H,68-73H2,1-67H3,(H,77,80). The fourth-order valence-corrected chi connectivity index (χ4v) is 192. The first-order chi connectivity index (χ1) is 63.4. The summed E-state index contributed by atoms with van der Waals surface area (Å²) < 4.78 is 228. The van der Waals surface area contributed by atoms with E-state index >= 15 is 0 Å². The minimum atomic E-state index is -2.98. The molecule has 2 unspecified atom stereocenters. The topological polar surface area (TPSA) is 391 Å². The maximum absolute atomic E-state index is 12.6. The summed E-state index contributed by atoms with van der Waals surface area (Å²) in [6.07, 6.45) is -1.18. The van der Waals surface area contributed by atoms with E-state index in [1.165, 1.54) is 0 Å². The molecule has 0 spiro atoms. The molecule has 0 aromatic carbocycles. The molecular formula is C76H217NO37Si33. The van der Waals surface area contributed by atoms with Crippen LogP contribution in [0.5, 0.6) is 0 Å². The van der Waals surface area contributed by atoms with Crippen LogP contribution in [0.3, 0.4) is 0 Å². The predicted octanol–water partition coefficient (Wildman–Crippen LogP) is 23.1. The Labute approximate surface area is 930 Å². The van der Waals surface area contributed by atoms with Crippen molar-refractivity contribution in [1.82, 2.24) is 5.32 Å². The molecule has 0 bridgehead atoms. The summed E-state index contributed by atoms with van der Waals surface area (Å²) in [7, 11) is -94.3.